The van der Waals surface area contributed by atoms with E-state index in [0.717, 1.165) is 0 Å². The van der Waals surface area contributed by atoms with E-state index in [0.29, 0.717) is 11.3 Å². The van der Waals surface area contributed by atoms with Crippen LogP contribution in [0.25, 0.3) is 0 Å². The lowest BCUT2D eigenvalue weighted by molar-refractivity contribution is -0.120. The van der Waals surface area contributed by atoms with Gasteiger partial charge in [0.1, 0.15) is 5.75 Å². The van der Waals surface area contributed by atoms with Gasteiger partial charge >= 0.3 is 0 Å². The number of nitrogens with two attached hydrogens (primary N) is 1. The molecule has 4 heteroatoms. The molecular formula is C10H13NO3. The maximum Gasteiger partial charge on any atom is 0.227 e. The van der Waals surface area contributed by atoms with Crippen LogP contribution in [0.5, 0.6) is 5.75 Å². The Morgan fingerprint density at radius 2 is 2.21 bits per heavy atom. The van der Waals surface area contributed by atoms with Crippen LogP contribution in [0, 0.1) is 0 Å². The molecule has 0 fully saturated rings. The molecule has 0 aliphatic heterocycles. The smallest absolute Gasteiger partial charge is 0.227 e. The van der Waals surface area contributed by atoms with Crippen LogP contribution < -0.4 is 10.5 Å². The highest BCUT2D eigenvalue weighted by Gasteiger charge is 2.19. The highest BCUT2D eigenvalue weighted by Crippen LogP contribution is 2.25. The number of aliphatic hydroxyl groups is 1. The van der Waals surface area contributed by atoms with Gasteiger partial charge in [0.15, 0.2) is 0 Å². The summed E-state index contributed by atoms with van der Waals surface area (Å²) in [5.74, 6) is -0.700. The standard InChI is InChI=1S/C10H13NO3/c1-14-9-5-3-2-4-7(9)8(6-12)10(11)13/h2-5,8,12H,6H2,1H3,(H2,11,13). The van der Waals surface area contributed by atoms with Crippen molar-refractivity contribution in [2.75, 3.05) is 13.7 Å². The number of primary amides is 1. The van der Waals surface area contributed by atoms with Gasteiger partial charge in [-0.3, -0.25) is 4.79 Å². The normalized spacial score (nSPS) is 12.1. The number of hydrogen-bond donors (Lipinski definition) is 2. The van der Waals surface area contributed by atoms with Crippen molar-refractivity contribution in [3.8, 4) is 5.75 Å². The summed E-state index contributed by atoms with van der Waals surface area (Å²) < 4.78 is 5.06. The van der Waals surface area contributed by atoms with Gasteiger partial charge in [-0.15, -0.1) is 0 Å². The van der Waals surface area contributed by atoms with Crippen LogP contribution in [0.15, 0.2) is 24.3 Å². The fraction of sp³-hybridized carbons (Fsp3) is 0.300. The predicted molar refractivity (Wildman–Crippen MR) is 52.0 cm³/mol. The second-order valence-electron chi connectivity index (χ2n) is 2.88. The molecule has 0 aliphatic rings. The molecule has 0 saturated carbocycles. The van der Waals surface area contributed by atoms with Gasteiger partial charge in [0.2, 0.25) is 5.91 Å². The number of para-hydroxylation sites is 1. The molecule has 76 valence electrons. The van der Waals surface area contributed by atoms with Crippen molar-refractivity contribution in [3.63, 3.8) is 0 Å². The maximum atomic E-state index is 11.0. The molecule has 0 heterocycles. The summed E-state index contributed by atoms with van der Waals surface area (Å²) in [6.07, 6.45) is 0. The highest BCUT2D eigenvalue weighted by atomic mass is 16.5. The molecule has 0 saturated heterocycles. The van der Waals surface area contributed by atoms with E-state index >= 15 is 0 Å². The van der Waals surface area contributed by atoms with E-state index in [4.69, 9.17) is 15.6 Å². The minimum absolute atomic E-state index is 0.310. The van der Waals surface area contributed by atoms with E-state index in [1.54, 1.807) is 24.3 Å². The third-order valence-corrected chi connectivity index (χ3v) is 2.04. The van der Waals surface area contributed by atoms with Gasteiger partial charge in [0.25, 0.3) is 0 Å². The lowest BCUT2D eigenvalue weighted by Crippen LogP contribution is -2.24. The zero-order chi connectivity index (χ0) is 10.6. The molecule has 1 atom stereocenters. The fourth-order valence-corrected chi connectivity index (χ4v) is 1.30. The Balaban J connectivity index is 3.08. The number of hydrogen-bond acceptors (Lipinski definition) is 3. The number of benzene rings is 1. The molecule has 1 rings (SSSR count). The van der Waals surface area contributed by atoms with E-state index < -0.39 is 11.8 Å². The van der Waals surface area contributed by atoms with Gasteiger partial charge in [0.05, 0.1) is 19.6 Å². The Morgan fingerprint density at radius 1 is 1.57 bits per heavy atom. The Morgan fingerprint density at radius 3 is 2.71 bits per heavy atom. The first-order valence-electron chi connectivity index (χ1n) is 4.23. The second-order valence-corrected chi connectivity index (χ2v) is 2.88. The van der Waals surface area contributed by atoms with Crippen LogP contribution >= 0.6 is 0 Å². The molecule has 0 aliphatic carbocycles. The summed E-state index contributed by atoms with van der Waals surface area (Å²) in [4.78, 5) is 11.0. The van der Waals surface area contributed by atoms with Crippen LogP contribution in [0.3, 0.4) is 0 Å². The van der Waals surface area contributed by atoms with E-state index in [1.807, 2.05) is 0 Å². The fourth-order valence-electron chi connectivity index (χ4n) is 1.30. The van der Waals surface area contributed by atoms with Gasteiger partial charge in [-0.05, 0) is 6.07 Å². The van der Waals surface area contributed by atoms with Crippen molar-refractivity contribution in [1.82, 2.24) is 0 Å². The summed E-state index contributed by atoms with van der Waals surface area (Å²) in [7, 11) is 1.51. The Labute approximate surface area is 82.3 Å². The number of methoxy groups -OCH3 is 1. The molecule has 1 aromatic carbocycles. The molecule has 0 bridgehead atoms. The average molecular weight is 195 g/mol. The van der Waals surface area contributed by atoms with Crippen LogP contribution in [0.2, 0.25) is 0 Å². The second kappa shape index (κ2) is 4.62. The monoisotopic (exact) mass is 195 g/mol. The highest BCUT2D eigenvalue weighted by molar-refractivity contribution is 5.82. The molecule has 0 radical (unpaired) electrons. The van der Waals surface area contributed by atoms with E-state index in [-0.39, 0.29) is 6.61 Å². The third-order valence-electron chi connectivity index (χ3n) is 2.04. The first-order chi connectivity index (χ1) is 6.70. The van der Waals surface area contributed by atoms with Crippen molar-refractivity contribution >= 4 is 5.91 Å². The molecule has 4 nitrogen and oxygen atoms in total. The topological polar surface area (TPSA) is 72.6 Å². The summed E-state index contributed by atoms with van der Waals surface area (Å²) >= 11 is 0. The largest absolute Gasteiger partial charge is 0.496 e. The maximum absolute atomic E-state index is 11.0. The van der Waals surface area contributed by atoms with Crippen LogP contribution in [0.1, 0.15) is 11.5 Å². The number of rotatable bonds is 4. The van der Waals surface area contributed by atoms with Crippen molar-refractivity contribution in [1.29, 1.82) is 0 Å². The minimum atomic E-state index is -0.703. The van der Waals surface area contributed by atoms with Gasteiger partial charge in [0, 0.05) is 5.56 Å². The van der Waals surface area contributed by atoms with Crippen molar-refractivity contribution < 1.29 is 14.6 Å². The van der Waals surface area contributed by atoms with Crippen LogP contribution in [-0.2, 0) is 4.79 Å². The number of ether oxygens (including phenoxy) is 1. The lowest BCUT2D eigenvalue weighted by atomic mass is 9.98. The molecule has 1 amide bonds. The molecular weight excluding hydrogens is 182 g/mol. The molecule has 1 aromatic rings. The van der Waals surface area contributed by atoms with E-state index in [9.17, 15) is 4.79 Å². The number of amides is 1. The first kappa shape index (κ1) is 10.5. The van der Waals surface area contributed by atoms with Crippen molar-refractivity contribution in [2.24, 2.45) is 5.73 Å². The lowest BCUT2D eigenvalue weighted by Gasteiger charge is -2.13. The minimum Gasteiger partial charge on any atom is -0.496 e. The Hall–Kier alpha value is -1.55. The van der Waals surface area contributed by atoms with E-state index in [2.05, 4.69) is 0 Å². The number of carbonyl (C=O) groups is 1. The summed E-state index contributed by atoms with van der Waals surface area (Å²) in [5.41, 5.74) is 5.76. The average Bonchev–Trinajstić information content (AvgIpc) is 2.19. The van der Waals surface area contributed by atoms with Gasteiger partial charge in [-0.1, -0.05) is 18.2 Å². The molecule has 0 spiro atoms. The zero-order valence-electron chi connectivity index (χ0n) is 7.93. The first-order valence-corrected chi connectivity index (χ1v) is 4.23. The molecule has 0 aromatic heterocycles. The summed E-state index contributed by atoms with van der Waals surface area (Å²) in [6, 6.07) is 6.99. The quantitative estimate of drug-likeness (QED) is 0.723. The zero-order valence-corrected chi connectivity index (χ0v) is 7.93. The third kappa shape index (κ3) is 2.03. The van der Waals surface area contributed by atoms with Gasteiger partial charge in [-0.2, -0.15) is 0 Å². The Bertz CT molecular complexity index is 325. The van der Waals surface area contributed by atoms with Crippen LogP contribution in [0.4, 0.5) is 0 Å². The summed E-state index contributed by atoms with van der Waals surface area (Å²) in [5, 5.41) is 9.01. The van der Waals surface area contributed by atoms with Gasteiger partial charge in [-0.25, -0.2) is 0 Å². The number of carbonyl (C=O) groups excluding carboxylic acids is 1. The van der Waals surface area contributed by atoms with Gasteiger partial charge < -0.3 is 15.6 Å². The Kier molecular flexibility index (Phi) is 3.48. The molecule has 14 heavy (non-hydrogen) atoms. The predicted octanol–water partition coefficient (Wildman–Crippen LogP) is 0.256. The van der Waals surface area contributed by atoms with E-state index in [1.165, 1.54) is 7.11 Å². The SMILES string of the molecule is COc1ccccc1C(CO)C(N)=O. The van der Waals surface area contributed by atoms with Crippen molar-refractivity contribution in [2.45, 2.75) is 5.92 Å². The van der Waals surface area contributed by atoms with Crippen LogP contribution in [-0.4, -0.2) is 24.7 Å². The number of aliphatic hydroxyl groups excluding tert-OH is 1. The molecule has 3 N–H and O–H groups in total. The molecule has 1 unspecified atom stereocenters. The van der Waals surface area contributed by atoms with Crippen molar-refractivity contribution in [3.05, 3.63) is 29.8 Å². The summed E-state index contributed by atoms with van der Waals surface area (Å²) in [6.45, 7) is -0.310.